The second-order valence-electron chi connectivity index (χ2n) is 5.94. The Balaban J connectivity index is 2.67. The van der Waals surface area contributed by atoms with Crippen molar-refractivity contribution in [1.82, 2.24) is 4.90 Å². The topological polar surface area (TPSA) is 92.9 Å². The molecule has 0 saturated heterocycles. The molecule has 0 unspecified atom stereocenters. The van der Waals surface area contributed by atoms with E-state index in [0.29, 0.717) is 13.1 Å². The number of nitrogens with zero attached hydrogens (tertiary/aromatic N) is 2. The van der Waals surface area contributed by atoms with E-state index in [2.05, 4.69) is 0 Å². The highest BCUT2D eigenvalue weighted by molar-refractivity contribution is 5.72. The van der Waals surface area contributed by atoms with E-state index in [4.69, 9.17) is 9.84 Å². The zero-order valence-electron chi connectivity index (χ0n) is 13.1. The van der Waals surface area contributed by atoms with E-state index in [1.807, 2.05) is 0 Å². The normalized spacial score (nSPS) is 11.5. The molecule has 7 heteroatoms. The molecule has 1 rings (SSSR count). The summed E-state index contributed by atoms with van der Waals surface area (Å²) in [6.45, 7) is 6.05. The molecule has 1 N–H and O–H groups in total. The van der Waals surface area contributed by atoms with Gasteiger partial charge in [-0.1, -0.05) is 12.1 Å². The first-order valence-electron chi connectivity index (χ1n) is 6.99. The van der Waals surface area contributed by atoms with Crippen LogP contribution in [0, 0.1) is 10.1 Å². The van der Waals surface area contributed by atoms with Gasteiger partial charge in [0.15, 0.2) is 0 Å². The molecule has 0 saturated carbocycles. The first-order valence-corrected chi connectivity index (χ1v) is 6.99. The van der Waals surface area contributed by atoms with Crippen LogP contribution in [-0.4, -0.2) is 46.2 Å². The van der Waals surface area contributed by atoms with Crippen LogP contribution in [0.2, 0.25) is 0 Å². The van der Waals surface area contributed by atoms with Crippen LogP contribution in [0.1, 0.15) is 26.3 Å². The molecule has 0 aromatic heterocycles. The lowest BCUT2D eigenvalue weighted by molar-refractivity contribution is -0.384. The first-order chi connectivity index (χ1) is 10.2. The molecule has 1 aromatic carbocycles. The van der Waals surface area contributed by atoms with E-state index in [9.17, 15) is 14.9 Å². The minimum absolute atomic E-state index is 0.0181. The summed E-state index contributed by atoms with van der Waals surface area (Å²) in [5, 5.41) is 19.7. The number of rotatable bonds is 7. The lowest BCUT2D eigenvalue weighted by Crippen LogP contribution is -2.36. The number of non-ortho nitro benzene ring substituents is 1. The SMILES string of the molecule is CC(C)(C)OC(=O)CN(CCO)Cc1ccc([N+](=O)[O-])cc1. The van der Waals surface area contributed by atoms with Gasteiger partial charge in [0.2, 0.25) is 0 Å². The van der Waals surface area contributed by atoms with Crippen LogP contribution in [0.15, 0.2) is 24.3 Å². The van der Waals surface area contributed by atoms with E-state index in [1.54, 1.807) is 37.8 Å². The summed E-state index contributed by atoms with van der Waals surface area (Å²) in [6, 6.07) is 6.11. The predicted octanol–water partition coefficient (Wildman–Crippen LogP) is 1.73. The van der Waals surface area contributed by atoms with Crippen molar-refractivity contribution in [3.63, 3.8) is 0 Å². The van der Waals surface area contributed by atoms with Gasteiger partial charge in [0.05, 0.1) is 18.1 Å². The fourth-order valence-corrected chi connectivity index (χ4v) is 1.89. The second-order valence-corrected chi connectivity index (χ2v) is 5.94. The number of nitro groups is 1. The smallest absolute Gasteiger partial charge is 0.320 e. The molecule has 0 radical (unpaired) electrons. The van der Waals surface area contributed by atoms with Crippen LogP contribution in [0.25, 0.3) is 0 Å². The fraction of sp³-hybridized carbons (Fsp3) is 0.533. The third-order valence-electron chi connectivity index (χ3n) is 2.74. The van der Waals surface area contributed by atoms with Gasteiger partial charge >= 0.3 is 5.97 Å². The van der Waals surface area contributed by atoms with E-state index in [-0.39, 0.29) is 24.8 Å². The number of ether oxygens (including phenoxy) is 1. The highest BCUT2D eigenvalue weighted by atomic mass is 16.6. The van der Waals surface area contributed by atoms with Gasteiger partial charge in [0.25, 0.3) is 5.69 Å². The lowest BCUT2D eigenvalue weighted by Gasteiger charge is -2.24. The Kier molecular flexibility index (Phi) is 6.45. The standard InChI is InChI=1S/C15H22N2O5/c1-15(2,3)22-14(19)11-16(8-9-18)10-12-4-6-13(7-5-12)17(20)21/h4-7,18H,8-11H2,1-3H3. The molecule has 0 heterocycles. The Morgan fingerprint density at radius 1 is 1.32 bits per heavy atom. The third kappa shape index (κ3) is 6.64. The Morgan fingerprint density at radius 3 is 2.36 bits per heavy atom. The monoisotopic (exact) mass is 310 g/mol. The molecular formula is C15H22N2O5. The van der Waals surface area contributed by atoms with Crippen molar-refractivity contribution in [3.8, 4) is 0 Å². The van der Waals surface area contributed by atoms with Gasteiger partial charge in [-0.15, -0.1) is 0 Å². The maximum Gasteiger partial charge on any atom is 0.320 e. The molecule has 0 bridgehead atoms. The van der Waals surface area contributed by atoms with Crippen molar-refractivity contribution in [2.24, 2.45) is 0 Å². The van der Waals surface area contributed by atoms with Gasteiger partial charge in [-0.05, 0) is 26.3 Å². The maximum atomic E-state index is 11.8. The van der Waals surface area contributed by atoms with Gasteiger partial charge < -0.3 is 9.84 Å². The Hall–Kier alpha value is -1.99. The summed E-state index contributed by atoms with van der Waals surface area (Å²) in [5.41, 5.74) is 0.280. The maximum absolute atomic E-state index is 11.8. The minimum atomic E-state index is -0.560. The Bertz CT molecular complexity index is 508. The number of aliphatic hydroxyl groups is 1. The van der Waals surface area contributed by atoms with Crippen LogP contribution in [-0.2, 0) is 16.1 Å². The summed E-state index contributed by atoms with van der Waals surface area (Å²) in [6.07, 6.45) is 0. The first kappa shape index (κ1) is 18.1. The van der Waals surface area contributed by atoms with Gasteiger partial charge in [-0.2, -0.15) is 0 Å². The van der Waals surface area contributed by atoms with E-state index in [0.717, 1.165) is 5.56 Å². The fourth-order valence-electron chi connectivity index (χ4n) is 1.89. The van der Waals surface area contributed by atoms with Crippen LogP contribution in [0.5, 0.6) is 0 Å². The average molecular weight is 310 g/mol. The number of nitro benzene ring substituents is 1. The van der Waals surface area contributed by atoms with Gasteiger partial charge in [-0.25, -0.2) is 0 Å². The summed E-state index contributed by atoms with van der Waals surface area (Å²) < 4.78 is 5.25. The molecule has 1 aromatic rings. The van der Waals surface area contributed by atoms with Gasteiger partial charge in [-0.3, -0.25) is 19.8 Å². The van der Waals surface area contributed by atoms with Crippen molar-refractivity contribution < 1.29 is 19.6 Å². The van der Waals surface area contributed by atoms with Crippen LogP contribution in [0.3, 0.4) is 0 Å². The molecule has 7 nitrogen and oxygen atoms in total. The molecular weight excluding hydrogens is 288 g/mol. The molecule has 0 aliphatic heterocycles. The number of hydrogen-bond acceptors (Lipinski definition) is 6. The highest BCUT2D eigenvalue weighted by Crippen LogP contribution is 2.14. The Labute approximate surface area is 129 Å². The zero-order chi connectivity index (χ0) is 16.8. The average Bonchev–Trinajstić information content (AvgIpc) is 2.37. The number of esters is 1. The number of hydrogen-bond donors (Lipinski definition) is 1. The summed E-state index contributed by atoms with van der Waals surface area (Å²) in [5.74, 6) is -0.372. The molecule has 122 valence electrons. The quantitative estimate of drug-likeness (QED) is 0.468. The molecule has 0 atom stereocenters. The number of carbonyl (C=O) groups excluding carboxylic acids is 1. The van der Waals surface area contributed by atoms with E-state index >= 15 is 0 Å². The molecule has 0 fully saturated rings. The molecule has 0 amide bonds. The van der Waals surface area contributed by atoms with E-state index in [1.165, 1.54) is 12.1 Å². The molecule has 22 heavy (non-hydrogen) atoms. The van der Waals surface area contributed by atoms with Crippen molar-refractivity contribution in [1.29, 1.82) is 0 Å². The molecule has 0 aliphatic carbocycles. The van der Waals surface area contributed by atoms with Crippen LogP contribution >= 0.6 is 0 Å². The van der Waals surface area contributed by atoms with E-state index < -0.39 is 10.5 Å². The number of benzene rings is 1. The van der Waals surface area contributed by atoms with Crippen molar-refractivity contribution in [2.45, 2.75) is 32.9 Å². The lowest BCUT2D eigenvalue weighted by atomic mass is 10.2. The van der Waals surface area contributed by atoms with Crippen LogP contribution < -0.4 is 0 Å². The molecule has 0 aliphatic rings. The minimum Gasteiger partial charge on any atom is -0.459 e. The zero-order valence-corrected chi connectivity index (χ0v) is 13.1. The number of carbonyl (C=O) groups is 1. The third-order valence-corrected chi connectivity index (χ3v) is 2.74. The summed E-state index contributed by atoms with van der Waals surface area (Å²) in [4.78, 5) is 23.7. The van der Waals surface area contributed by atoms with Gasteiger partial charge in [0.1, 0.15) is 5.60 Å². The Morgan fingerprint density at radius 2 is 1.91 bits per heavy atom. The summed E-state index contributed by atoms with van der Waals surface area (Å²) in [7, 11) is 0. The summed E-state index contributed by atoms with van der Waals surface area (Å²) >= 11 is 0. The largest absolute Gasteiger partial charge is 0.459 e. The van der Waals surface area contributed by atoms with Crippen molar-refractivity contribution in [2.75, 3.05) is 19.7 Å². The second kappa shape index (κ2) is 7.86. The highest BCUT2D eigenvalue weighted by Gasteiger charge is 2.19. The predicted molar refractivity (Wildman–Crippen MR) is 81.3 cm³/mol. The van der Waals surface area contributed by atoms with Crippen molar-refractivity contribution >= 4 is 11.7 Å². The van der Waals surface area contributed by atoms with Gasteiger partial charge in [0, 0.05) is 25.2 Å². The van der Waals surface area contributed by atoms with Crippen molar-refractivity contribution in [3.05, 3.63) is 39.9 Å². The number of aliphatic hydroxyl groups excluding tert-OH is 1. The van der Waals surface area contributed by atoms with Crippen LogP contribution in [0.4, 0.5) is 5.69 Å². The molecule has 0 spiro atoms.